The molecule has 2 aliphatic heterocycles. The number of ether oxygens (including phenoxy) is 1. The van der Waals surface area contributed by atoms with Crippen molar-refractivity contribution in [1.82, 2.24) is 16.0 Å². The topological polar surface area (TPSA) is 99.8 Å². The normalized spacial score (nSPS) is 18.2. The summed E-state index contributed by atoms with van der Waals surface area (Å²) in [6.45, 7) is 1.55. The zero-order valence-electron chi connectivity index (χ0n) is 18.5. The van der Waals surface area contributed by atoms with E-state index >= 15 is 0 Å². The molecule has 2 aromatic carbocycles. The van der Waals surface area contributed by atoms with Gasteiger partial charge in [-0.1, -0.05) is 37.1 Å². The van der Waals surface area contributed by atoms with E-state index in [1.54, 1.807) is 18.2 Å². The van der Waals surface area contributed by atoms with E-state index in [-0.39, 0.29) is 18.0 Å². The van der Waals surface area contributed by atoms with E-state index in [2.05, 4.69) is 22.0 Å². The first kappa shape index (κ1) is 21.3. The summed E-state index contributed by atoms with van der Waals surface area (Å²) < 4.78 is 5.52. The number of anilines is 1. The third-order valence-corrected chi connectivity index (χ3v) is 6.69. The lowest BCUT2D eigenvalue weighted by Gasteiger charge is -2.20. The van der Waals surface area contributed by atoms with Gasteiger partial charge >= 0.3 is 12.1 Å². The Bertz CT molecular complexity index is 1090. The van der Waals surface area contributed by atoms with Crippen LogP contribution in [0, 0.1) is 0 Å². The molecule has 5 amide bonds. The summed E-state index contributed by atoms with van der Waals surface area (Å²) >= 11 is 0. The van der Waals surface area contributed by atoms with Crippen LogP contribution in [0.15, 0.2) is 42.5 Å². The van der Waals surface area contributed by atoms with Gasteiger partial charge in [-0.05, 0) is 54.2 Å². The number of fused-ring (bicyclic) bond motifs is 1. The van der Waals surface area contributed by atoms with Crippen molar-refractivity contribution in [3.8, 4) is 5.75 Å². The van der Waals surface area contributed by atoms with E-state index in [1.165, 1.54) is 16.0 Å². The Morgan fingerprint density at radius 2 is 1.91 bits per heavy atom. The van der Waals surface area contributed by atoms with Crippen LogP contribution in [0.2, 0.25) is 0 Å². The summed E-state index contributed by atoms with van der Waals surface area (Å²) in [5.74, 6) is 0.782. The van der Waals surface area contributed by atoms with Crippen molar-refractivity contribution in [2.45, 2.75) is 50.6 Å². The lowest BCUT2D eigenvalue weighted by atomic mass is 9.98. The highest BCUT2D eigenvalue weighted by Gasteiger charge is 2.52. The molecule has 1 saturated heterocycles. The lowest BCUT2D eigenvalue weighted by molar-refractivity contribution is -0.121. The minimum absolute atomic E-state index is 0.175. The quantitative estimate of drug-likeness (QED) is 0.592. The molecule has 1 aliphatic carbocycles. The minimum Gasteiger partial charge on any atom is -0.493 e. The molecule has 1 spiro atoms. The van der Waals surface area contributed by atoms with Crippen molar-refractivity contribution in [2.75, 3.05) is 18.1 Å². The second kappa shape index (κ2) is 8.77. The first-order valence-corrected chi connectivity index (χ1v) is 11.6. The summed E-state index contributed by atoms with van der Waals surface area (Å²) in [4.78, 5) is 39.0. The maximum atomic E-state index is 13.0. The molecular formula is C25H28N4O4. The monoisotopic (exact) mass is 448 g/mol. The van der Waals surface area contributed by atoms with Crippen LogP contribution in [0.5, 0.6) is 5.75 Å². The van der Waals surface area contributed by atoms with E-state index in [1.807, 2.05) is 18.2 Å². The third-order valence-electron chi connectivity index (χ3n) is 6.69. The second-order valence-corrected chi connectivity index (χ2v) is 8.93. The Morgan fingerprint density at radius 1 is 1.06 bits per heavy atom. The molecule has 8 heteroatoms. The average molecular weight is 449 g/mol. The average Bonchev–Trinajstić information content (AvgIpc) is 3.53. The fourth-order valence-corrected chi connectivity index (χ4v) is 4.94. The van der Waals surface area contributed by atoms with Crippen molar-refractivity contribution < 1.29 is 19.1 Å². The minimum atomic E-state index is -0.739. The summed E-state index contributed by atoms with van der Waals surface area (Å²) in [7, 11) is 0. The van der Waals surface area contributed by atoms with Gasteiger partial charge in [-0.3, -0.25) is 4.79 Å². The fourth-order valence-electron chi connectivity index (χ4n) is 4.94. The molecule has 0 unspecified atom stereocenters. The molecule has 3 aliphatic rings. The first-order chi connectivity index (χ1) is 16.0. The van der Waals surface area contributed by atoms with Crippen LogP contribution in [-0.2, 0) is 24.2 Å². The number of rotatable bonds is 6. The fraction of sp³-hybridized carbons (Fsp3) is 0.400. The molecule has 2 fully saturated rings. The largest absolute Gasteiger partial charge is 0.493 e. The van der Waals surface area contributed by atoms with Gasteiger partial charge in [-0.15, -0.1) is 0 Å². The van der Waals surface area contributed by atoms with Gasteiger partial charge < -0.3 is 20.7 Å². The Morgan fingerprint density at radius 3 is 2.76 bits per heavy atom. The zero-order valence-corrected chi connectivity index (χ0v) is 18.5. The van der Waals surface area contributed by atoms with Gasteiger partial charge in [-0.25, -0.2) is 14.5 Å². The number of hydrogen-bond donors (Lipinski definition) is 3. The van der Waals surface area contributed by atoms with Gasteiger partial charge in [0.25, 0.3) is 5.91 Å². The number of amides is 5. The van der Waals surface area contributed by atoms with Crippen LogP contribution in [0.1, 0.15) is 42.4 Å². The zero-order chi connectivity index (χ0) is 22.8. The van der Waals surface area contributed by atoms with Gasteiger partial charge in [0.2, 0.25) is 0 Å². The third kappa shape index (κ3) is 4.25. The second-order valence-electron chi connectivity index (χ2n) is 8.93. The highest BCUT2D eigenvalue weighted by Crippen LogP contribution is 2.37. The van der Waals surface area contributed by atoms with Gasteiger partial charge in [0.1, 0.15) is 11.3 Å². The predicted molar refractivity (Wildman–Crippen MR) is 123 cm³/mol. The van der Waals surface area contributed by atoms with E-state index in [9.17, 15) is 14.4 Å². The Hall–Kier alpha value is -3.55. The number of urea groups is 2. The number of benzene rings is 2. The molecule has 3 N–H and O–H groups in total. The smallest absolute Gasteiger partial charge is 0.329 e. The number of hydrogen-bond acceptors (Lipinski definition) is 4. The van der Waals surface area contributed by atoms with Crippen LogP contribution in [0.25, 0.3) is 0 Å². The number of nitrogens with one attached hydrogen (secondary N) is 3. The maximum absolute atomic E-state index is 13.0. The Balaban J connectivity index is 1.13. The van der Waals surface area contributed by atoms with E-state index in [0.717, 1.165) is 43.6 Å². The predicted octanol–water partition coefficient (Wildman–Crippen LogP) is 3.03. The number of imide groups is 1. The van der Waals surface area contributed by atoms with E-state index < -0.39 is 5.54 Å². The first-order valence-electron chi connectivity index (χ1n) is 11.6. The lowest BCUT2D eigenvalue weighted by Crippen LogP contribution is -2.44. The standard InChI is InChI=1S/C25H28N4O4/c30-22-25(10-1-2-11-25)28-24(32)29(22)20-5-3-4-18(15-20)16-27-23(31)26-12-8-17-6-7-21-19(14-17)9-13-33-21/h3-7,14-15H,1-2,8-13,16H2,(H,28,32)(H2,26,27,31). The molecule has 0 atom stereocenters. The van der Waals surface area contributed by atoms with Crippen molar-refractivity contribution in [3.63, 3.8) is 0 Å². The maximum Gasteiger partial charge on any atom is 0.329 e. The highest BCUT2D eigenvalue weighted by molar-refractivity contribution is 6.23. The van der Waals surface area contributed by atoms with Gasteiger partial charge in [0, 0.05) is 19.5 Å². The summed E-state index contributed by atoms with van der Waals surface area (Å²) in [5, 5.41) is 8.62. The van der Waals surface area contributed by atoms with Gasteiger partial charge in [0.15, 0.2) is 0 Å². The number of carbonyl (C=O) groups is 3. The molecule has 2 heterocycles. The summed E-state index contributed by atoms with van der Waals surface area (Å²) in [5.41, 5.74) is 2.99. The van der Waals surface area contributed by atoms with Crippen LogP contribution in [0.3, 0.4) is 0 Å². The highest BCUT2D eigenvalue weighted by atomic mass is 16.5. The van der Waals surface area contributed by atoms with Crippen molar-refractivity contribution in [2.24, 2.45) is 0 Å². The molecule has 172 valence electrons. The van der Waals surface area contributed by atoms with Crippen LogP contribution < -0.4 is 25.6 Å². The molecule has 0 bridgehead atoms. The van der Waals surface area contributed by atoms with Crippen molar-refractivity contribution in [1.29, 1.82) is 0 Å². The molecular weight excluding hydrogens is 420 g/mol. The molecule has 0 aromatic heterocycles. The van der Waals surface area contributed by atoms with Gasteiger partial charge in [-0.2, -0.15) is 0 Å². The van der Waals surface area contributed by atoms with E-state index in [0.29, 0.717) is 31.6 Å². The van der Waals surface area contributed by atoms with Crippen molar-refractivity contribution >= 4 is 23.7 Å². The van der Waals surface area contributed by atoms with Crippen LogP contribution in [-0.4, -0.2) is 36.7 Å². The van der Waals surface area contributed by atoms with Crippen LogP contribution >= 0.6 is 0 Å². The molecule has 33 heavy (non-hydrogen) atoms. The molecule has 8 nitrogen and oxygen atoms in total. The van der Waals surface area contributed by atoms with Crippen LogP contribution in [0.4, 0.5) is 15.3 Å². The summed E-state index contributed by atoms with van der Waals surface area (Å²) in [6.07, 6.45) is 4.94. The number of carbonyl (C=O) groups excluding carboxylic acids is 3. The molecule has 2 aromatic rings. The van der Waals surface area contributed by atoms with E-state index in [4.69, 9.17) is 4.74 Å². The SMILES string of the molecule is O=C(NCCc1ccc2c(c1)CCO2)NCc1cccc(N2C(=O)NC3(CCCC3)C2=O)c1. The Labute approximate surface area is 192 Å². The summed E-state index contributed by atoms with van der Waals surface area (Å²) in [6, 6.07) is 12.7. The van der Waals surface area contributed by atoms with Gasteiger partial charge in [0.05, 0.1) is 12.3 Å². The molecule has 0 radical (unpaired) electrons. The van der Waals surface area contributed by atoms with Crippen molar-refractivity contribution in [3.05, 3.63) is 59.2 Å². The molecule has 1 saturated carbocycles. The molecule has 5 rings (SSSR count). The number of nitrogens with zero attached hydrogens (tertiary/aromatic N) is 1. The Kier molecular flexibility index (Phi) is 5.66.